The minimum absolute atomic E-state index is 0.0139. The molecule has 1 aliphatic rings. The van der Waals surface area contributed by atoms with Crippen molar-refractivity contribution in [2.24, 2.45) is 11.1 Å². The van der Waals surface area contributed by atoms with E-state index in [-0.39, 0.29) is 56.6 Å². The molecule has 0 saturated heterocycles. The summed E-state index contributed by atoms with van der Waals surface area (Å²) in [6.07, 6.45) is 21.9. The first-order valence-corrected chi connectivity index (χ1v) is 31.7. The van der Waals surface area contributed by atoms with Gasteiger partial charge in [-0.1, -0.05) is 140 Å². The third-order valence-electron chi connectivity index (χ3n) is 14.3. The molecule has 1 aromatic carbocycles. The molecule has 488 valence electrons. The molecule has 1 saturated carbocycles. The summed E-state index contributed by atoms with van der Waals surface area (Å²) in [5.74, 6) is -1.76. The maximum atomic E-state index is 12.7. The number of unbranched alkanes of at least 4 members (excludes halogenated alkanes) is 15. The SMILES string of the molecule is CCCCCCCCCCCC1(CCCCCCCCCCC(=O)O)C(O)C1NCCOCCOCCOCCOCCOCCOCCOCCOCCOCCOCCOCCNC(=O)[C@H](CCC(N)=O)NC(=O)OCc1ccccc1. The molecule has 1 aromatic rings. The maximum absolute atomic E-state index is 12.7. The van der Waals surface area contributed by atoms with E-state index in [0.29, 0.717) is 145 Å². The number of hydrogen-bond acceptors (Lipinski definition) is 18. The second kappa shape index (κ2) is 55.9. The molecule has 0 radical (unpaired) electrons. The Morgan fingerprint density at radius 1 is 0.500 bits per heavy atom. The van der Waals surface area contributed by atoms with E-state index >= 15 is 0 Å². The van der Waals surface area contributed by atoms with Crippen molar-refractivity contribution in [3.05, 3.63) is 35.9 Å². The van der Waals surface area contributed by atoms with Gasteiger partial charge in [-0.3, -0.25) is 14.4 Å². The van der Waals surface area contributed by atoms with E-state index in [4.69, 9.17) is 67.7 Å². The first-order valence-electron chi connectivity index (χ1n) is 31.7. The van der Waals surface area contributed by atoms with Crippen molar-refractivity contribution < 1.29 is 86.2 Å². The van der Waals surface area contributed by atoms with Gasteiger partial charge in [0, 0.05) is 37.4 Å². The number of aliphatic hydroxyl groups excluding tert-OH is 1. The van der Waals surface area contributed by atoms with Gasteiger partial charge in [0.15, 0.2) is 0 Å². The number of benzene rings is 1. The minimum Gasteiger partial charge on any atom is -0.481 e. The number of amides is 3. The number of carboxylic acid groups (broad SMARTS) is 1. The van der Waals surface area contributed by atoms with Crippen molar-refractivity contribution in [2.45, 2.75) is 173 Å². The highest BCUT2D eigenvalue weighted by Crippen LogP contribution is 2.54. The number of carbonyl (C=O) groups excluding carboxylic acids is 3. The van der Waals surface area contributed by atoms with Crippen LogP contribution in [0.25, 0.3) is 0 Å². The largest absolute Gasteiger partial charge is 0.481 e. The average Bonchev–Trinajstić information content (AvgIpc) is 3.59. The van der Waals surface area contributed by atoms with Gasteiger partial charge in [-0.2, -0.15) is 0 Å². The third-order valence-corrected chi connectivity index (χ3v) is 14.3. The van der Waals surface area contributed by atoms with Gasteiger partial charge in [-0.25, -0.2) is 4.79 Å². The van der Waals surface area contributed by atoms with Crippen LogP contribution in [0, 0.1) is 5.41 Å². The second-order valence-electron chi connectivity index (χ2n) is 21.2. The Morgan fingerprint density at radius 2 is 0.869 bits per heavy atom. The summed E-state index contributed by atoms with van der Waals surface area (Å²) in [7, 11) is 0. The summed E-state index contributed by atoms with van der Waals surface area (Å²) in [5.41, 5.74) is 6.02. The van der Waals surface area contributed by atoms with Crippen LogP contribution in [0.1, 0.15) is 154 Å². The highest BCUT2D eigenvalue weighted by Gasteiger charge is 2.62. The van der Waals surface area contributed by atoms with Gasteiger partial charge in [-0.05, 0) is 31.2 Å². The van der Waals surface area contributed by atoms with Crippen LogP contribution in [-0.2, 0) is 77.8 Å². The van der Waals surface area contributed by atoms with Crippen LogP contribution in [0.3, 0.4) is 0 Å². The van der Waals surface area contributed by atoms with Crippen LogP contribution in [0.15, 0.2) is 30.3 Å². The fourth-order valence-electron chi connectivity index (χ4n) is 9.49. The summed E-state index contributed by atoms with van der Waals surface area (Å²) in [6.45, 7) is 13.0. The predicted molar refractivity (Wildman–Crippen MR) is 320 cm³/mol. The van der Waals surface area contributed by atoms with Crippen LogP contribution in [0.2, 0.25) is 0 Å². The number of ether oxygens (including phenoxy) is 12. The van der Waals surface area contributed by atoms with Gasteiger partial charge in [0.1, 0.15) is 12.6 Å². The number of carboxylic acids is 1. The Hall–Kier alpha value is -3.62. The lowest BCUT2D eigenvalue weighted by Gasteiger charge is -2.18. The highest BCUT2D eigenvalue weighted by atomic mass is 16.6. The Labute approximate surface area is 502 Å². The molecule has 2 rings (SSSR count). The van der Waals surface area contributed by atoms with E-state index in [9.17, 15) is 24.3 Å². The van der Waals surface area contributed by atoms with Crippen molar-refractivity contribution in [3.63, 3.8) is 0 Å². The van der Waals surface area contributed by atoms with Gasteiger partial charge in [0.25, 0.3) is 0 Å². The number of aliphatic carboxylic acids is 1. The number of carbonyl (C=O) groups is 4. The van der Waals surface area contributed by atoms with Crippen LogP contribution >= 0.6 is 0 Å². The van der Waals surface area contributed by atoms with E-state index < -0.39 is 29.9 Å². The quantitative estimate of drug-likeness (QED) is 0.0356. The summed E-state index contributed by atoms with van der Waals surface area (Å²) in [6, 6.07) is 8.27. The number of alkyl carbamates (subject to hydrolysis) is 1. The molecule has 0 aliphatic heterocycles. The Morgan fingerprint density at radius 3 is 1.26 bits per heavy atom. The second-order valence-corrected chi connectivity index (χ2v) is 21.2. The molecule has 22 nitrogen and oxygen atoms in total. The smallest absolute Gasteiger partial charge is 0.408 e. The number of rotatable bonds is 65. The Balaban J connectivity index is 1.30. The molecular formula is C62H112N4O18. The van der Waals surface area contributed by atoms with Gasteiger partial charge in [0.05, 0.1) is 151 Å². The third kappa shape index (κ3) is 44.8. The van der Waals surface area contributed by atoms with Crippen molar-refractivity contribution in [1.82, 2.24) is 16.0 Å². The zero-order valence-corrected chi connectivity index (χ0v) is 51.4. The number of primary amides is 1. The topological polar surface area (TPSA) is 282 Å². The Kier molecular flexibility index (Phi) is 50.9. The number of nitrogens with two attached hydrogens (primary N) is 1. The van der Waals surface area contributed by atoms with Crippen molar-refractivity contribution in [3.8, 4) is 0 Å². The molecule has 3 amide bonds. The van der Waals surface area contributed by atoms with Crippen LogP contribution in [0.5, 0.6) is 0 Å². The molecule has 0 spiro atoms. The zero-order valence-electron chi connectivity index (χ0n) is 51.4. The van der Waals surface area contributed by atoms with E-state index in [1.165, 1.54) is 83.5 Å². The zero-order chi connectivity index (χ0) is 60.5. The first kappa shape index (κ1) is 76.5. The number of hydrogen-bond donors (Lipinski definition) is 6. The minimum atomic E-state index is -0.992. The predicted octanol–water partition coefficient (Wildman–Crippen LogP) is 7.07. The van der Waals surface area contributed by atoms with Gasteiger partial charge in [0.2, 0.25) is 11.8 Å². The summed E-state index contributed by atoms with van der Waals surface area (Å²) in [4.78, 5) is 46.9. The molecule has 4 atom stereocenters. The molecule has 0 heterocycles. The maximum Gasteiger partial charge on any atom is 0.408 e. The van der Waals surface area contributed by atoms with E-state index in [1.54, 1.807) is 0 Å². The summed E-state index contributed by atoms with van der Waals surface area (Å²) in [5, 5.41) is 28.8. The number of nitrogens with one attached hydrogen (secondary N) is 3. The molecule has 0 aromatic heterocycles. The van der Waals surface area contributed by atoms with Gasteiger partial charge >= 0.3 is 12.1 Å². The van der Waals surface area contributed by atoms with E-state index in [0.717, 1.165) is 44.1 Å². The summed E-state index contributed by atoms with van der Waals surface area (Å²) >= 11 is 0. The molecule has 1 aliphatic carbocycles. The van der Waals surface area contributed by atoms with E-state index in [1.807, 2.05) is 30.3 Å². The van der Waals surface area contributed by atoms with Crippen LogP contribution < -0.4 is 21.7 Å². The van der Waals surface area contributed by atoms with Gasteiger partial charge < -0.3 is 88.7 Å². The Bertz CT molecular complexity index is 1690. The lowest BCUT2D eigenvalue weighted by atomic mass is 9.90. The fourth-order valence-corrected chi connectivity index (χ4v) is 9.49. The molecule has 1 fully saturated rings. The molecule has 84 heavy (non-hydrogen) atoms. The normalized spacial score (nSPS) is 16.0. The van der Waals surface area contributed by atoms with Crippen molar-refractivity contribution in [2.75, 3.05) is 158 Å². The molecule has 7 N–H and O–H groups in total. The fraction of sp³-hybridized carbons (Fsp3) is 0.839. The average molecular weight is 1200 g/mol. The lowest BCUT2D eigenvalue weighted by Crippen LogP contribution is -2.48. The molecule has 3 unspecified atom stereocenters. The standard InChI is InChI=1S/C62H112N4O18/c1-2-3-4-5-6-8-11-14-20-27-62(28-21-15-12-9-7-10-13-19-24-57(68)69)58(59(62)70)64-29-31-73-33-35-75-37-39-77-41-43-79-45-47-81-49-51-83-52-50-82-48-46-80-44-42-78-40-38-76-36-34-74-32-30-65-60(71)55(25-26-56(63)67)66-61(72)84-53-54-22-17-16-18-23-54/h16-18,22-23,55,58-59,64,70H,2-15,19-21,24-53H2,1H3,(H2,63,67)(H,65,71)(H,66,72)(H,68,69)/t55-,58?,59?,62?/m0/s1. The van der Waals surface area contributed by atoms with E-state index in [2.05, 4.69) is 22.9 Å². The first-order chi connectivity index (χ1) is 41.2. The van der Waals surface area contributed by atoms with Crippen molar-refractivity contribution in [1.29, 1.82) is 0 Å². The van der Waals surface area contributed by atoms with Crippen molar-refractivity contribution >= 4 is 23.9 Å². The molecular weight excluding hydrogens is 1090 g/mol. The van der Waals surface area contributed by atoms with Crippen LogP contribution in [-0.4, -0.2) is 211 Å². The lowest BCUT2D eigenvalue weighted by molar-refractivity contribution is -0.137. The molecule has 0 bridgehead atoms. The highest BCUT2D eigenvalue weighted by molar-refractivity contribution is 5.86. The van der Waals surface area contributed by atoms with Crippen LogP contribution in [0.4, 0.5) is 4.79 Å². The summed E-state index contributed by atoms with van der Waals surface area (Å²) < 4.78 is 66.5. The number of aliphatic hydroxyl groups is 1. The molecule has 22 heteroatoms. The van der Waals surface area contributed by atoms with Gasteiger partial charge in [-0.15, -0.1) is 0 Å². The monoisotopic (exact) mass is 1200 g/mol.